The lowest BCUT2D eigenvalue weighted by Gasteiger charge is -2.24. The van der Waals surface area contributed by atoms with Gasteiger partial charge >= 0.3 is 0 Å². The Hall–Kier alpha value is -2.49. The minimum atomic E-state index is 0.178. The molecule has 2 aromatic rings. The summed E-state index contributed by atoms with van der Waals surface area (Å²) in [7, 11) is 3.56. The molecule has 1 fully saturated rings. The molecule has 2 aromatic carbocycles. The number of carbonyl (C=O) groups is 1. The van der Waals surface area contributed by atoms with Gasteiger partial charge in [-0.05, 0) is 48.6 Å². The molecule has 1 aliphatic heterocycles. The molecular weight excluding hydrogens is 324 g/mol. The van der Waals surface area contributed by atoms with Crippen molar-refractivity contribution in [2.45, 2.75) is 32.2 Å². The number of carbonyl (C=O) groups excluding carboxylic acids is 1. The van der Waals surface area contributed by atoms with Crippen molar-refractivity contribution in [2.24, 2.45) is 0 Å². The second kappa shape index (κ2) is 8.75. The van der Waals surface area contributed by atoms with Crippen LogP contribution in [-0.2, 0) is 17.8 Å². The van der Waals surface area contributed by atoms with Crippen LogP contribution in [0, 0.1) is 0 Å². The number of para-hydroxylation sites is 1. The molecule has 138 valence electrons. The standard InChI is InChI=1S/C22H28N2O2/c1-23(22(25)14-11-18-9-12-20(26-2)13-10-18)17-19-7-3-4-8-21(19)24-15-5-6-16-24/h3-4,7-10,12-13H,5-6,11,14-17H2,1-2H3. The number of benzene rings is 2. The summed E-state index contributed by atoms with van der Waals surface area (Å²) in [4.78, 5) is 16.8. The highest BCUT2D eigenvalue weighted by Gasteiger charge is 2.17. The van der Waals surface area contributed by atoms with Crippen molar-refractivity contribution >= 4 is 11.6 Å². The maximum absolute atomic E-state index is 12.6. The fourth-order valence-corrected chi connectivity index (χ4v) is 3.49. The maximum atomic E-state index is 12.6. The zero-order valence-corrected chi connectivity index (χ0v) is 15.8. The van der Waals surface area contributed by atoms with Gasteiger partial charge in [0.2, 0.25) is 5.91 Å². The molecule has 26 heavy (non-hydrogen) atoms. The van der Waals surface area contributed by atoms with Crippen LogP contribution in [0.1, 0.15) is 30.4 Å². The van der Waals surface area contributed by atoms with Gasteiger partial charge in [0.05, 0.1) is 7.11 Å². The topological polar surface area (TPSA) is 32.8 Å². The molecule has 3 rings (SSSR count). The van der Waals surface area contributed by atoms with E-state index in [2.05, 4.69) is 29.2 Å². The summed E-state index contributed by atoms with van der Waals surface area (Å²) >= 11 is 0. The van der Waals surface area contributed by atoms with Crippen LogP contribution in [0.2, 0.25) is 0 Å². The monoisotopic (exact) mass is 352 g/mol. The van der Waals surface area contributed by atoms with Gasteiger partial charge in [0.1, 0.15) is 5.75 Å². The van der Waals surface area contributed by atoms with Gasteiger partial charge in [0.15, 0.2) is 0 Å². The number of ether oxygens (including phenoxy) is 1. The van der Waals surface area contributed by atoms with E-state index in [1.807, 2.05) is 36.2 Å². The van der Waals surface area contributed by atoms with Gasteiger partial charge in [-0.3, -0.25) is 4.79 Å². The van der Waals surface area contributed by atoms with Gasteiger partial charge in [-0.15, -0.1) is 0 Å². The third kappa shape index (κ3) is 4.57. The Bertz CT molecular complexity index is 721. The molecule has 0 spiro atoms. The van der Waals surface area contributed by atoms with Gasteiger partial charge < -0.3 is 14.5 Å². The smallest absolute Gasteiger partial charge is 0.222 e. The first-order valence-electron chi connectivity index (χ1n) is 9.37. The lowest BCUT2D eigenvalue weighted by molar-refractivity contribution is -0.130. The zero-order valence-electron chi connectivity index (χ0n) is 15.8. The second-order valence-corrected chi connectivity index (χ2v) is 6.92. The molecule has 4 heteroatoms. The Kier molecular flexibility index (Phi) is 6.16. The van der Waals surface area contributed by atoms with Crippen LogP contribution in [0.15, 0.2) is 48.5 Å². The molecule has 0 bridgehead atoms. The van der Waals surface area contributed by atoms with E-state index in [4.69, 9.17) is 4.74 Å². The third-order valence-electron chi connectivity index (χ3n) is 5.06. The van der Waals surface area contributed by atoms with Crippen molar-refractivity contribution < 1.29 is 9.53 Å². The van der Waals surface area contributed by atoms with Crippen molar-refractivity contribution in [3.05, 3.63) is 59.7 Å². The van der Waals surface area contributed by atoms with Crippen LogP contribution in [0.25, 0.3) is 0 Å². The lowest BCUT2D eigenvalue weighted by atomic mass is 10.1. The highest BCUT2D eigenvalue weighted by molar-refractivity contribution is 5.76. The molecule has 1 saturated heterocycles. The maximum Gasteiger partial charge on any atom is 0.222 e. The zero-order chi connectivity index (χ0) is 18.4. The predicted molar refractivity (Wildman–Crippen MR) is 106 cm³/mol. The molecule has 0 N–H and O–H groups in total. The third-order valence-corrected chi connectivity index (χ3v) is 5.06. The summed E-state index contributed by atoms with van der Waals surface area (Å²) in [5, 5.41) is 0. The number of rotatable bonds is 7. The van der Waals surface area contributed by atoms with Crippen molar-refractivity contribution in [3.8, 4) is 5.75 Å². The molecule has 0 atom stereocenters. The predicted octanol–water partition coefficient (Wildman–Crippen LogP) is 3.89. The number of amides is 1. The summed E-state index contributed by atoms with van der Waals surface area (Å²) in [6.07, 6.45) is 3.78. The summed E-state index contributed by atoms with van der Waals surface area (Å²) in [5.74, 6) is 1.02. The molecule has 0 saturated carbocycles. The van der Waals surface area contributed by atoms with Crippen LogP contribution < -0.4 is 9.64 Å². The molecule has 0 aromatic heterocycles. The van der Waals surface area contributed by atoms with Crippen LogP contribution in [0.5, 0.6) is 5.75 Å². The molecule has 0 aliphatic carbocycles. The number of methoxy groups -OCH3 is 1. The first kappa shape index (κ1) is 18.3. The molecule has 4 nitrogen and oxygen atoms in total. The Morgan fingerprint density at radius 2 is 1.77 bits per heavy atom. The van der Waals surface area contributed by atoms with Crippen LogP contribution in [0.3, 0.4) is 0 Å². The van der Waals surface area contributed by atoms with Gasteiger partial charge in [-0.1, -0.05) is 30.3 Å². The number of anilines is 1. The van der Waals surface area contributed by atoms with E-state index in [1.165, 1.54) is 24.1 Å². The van der Waals surface area contributed by atoms with Crippen LogP contribution >= 0.6 is 0 Å². The van der Waals surface area contributed by atoms with E-state index in [9.17, 15) is 4.79 Å². The van der Waals surface area contributed by atoms with Crippen LogP contribution in [-0.4, -0.2) is 38.1 Å². The molecule has 1 aliphatic rings. The summed E-state index contributed by atoms with van der Waals surface area (Å²) in [6.45, 7) is 2.90. The summed E-state index contributed by atoms with van der Waals surface area (Å²) in [5.41, 5.74) is 3.67. The quantitative estimate of drug-likeness (QED) is 0.758. The Labute approximate surface area is 156 Å². The van der Waals surface area contributed by atoms with E-state index in [0.29, 0.717) is 13.0 Å². The van der Waals surface area contributed by atoms with Gasteiger partial charge in [0.25, 0.3) is 0 Å². The Morgan fingerprint density at radius 3 is 2.46 bits per heavy atom. The first-order valence-corrected chi connectivity index (χ1v) is 9.37. The molecular formula is C22H28N2O2. The Balaban J connectivity index is 1.57. The number of aryl methyl sites for hydroxylation is 1. The van der Waals surface area contributed by atoms with Crippen molar-refractivity contribution in [1.29, 1.82) is 0 Å². The Morgan fingerprint density at radius 1 is 1.08 bits per heavy atom. The highest BCUT2D eigenvalue weighted by Crippen LogP contribution is 2.25. The number of hydrogen-bond donors (Lipinski definition) is 0. The summed E-state index contributed by atoms with van der Waals surface area (Å²) < 4.78 is 5.17. The SMILES string of the molecule is COc1ccc(CCC(=O)N(C)Cc2ccccc2N2CCCC2)cc1. The molecule has 0 unspecified atom stereocenters. The van der Waals surface area contributed by atoms with Crippen molar-refractivity contribution in [2.75, 3.05) is 32.1 Å². The average molecular weight is 352 g/mol. The second-order valence-electron chi connectivity index (χ2n) is 6.92. The number of nitrogens with zero attached hydrogens (tertiary/aromatic N) is 2. The molecule has 0 radical (unpaired) electrons. The normalized spacial score (nSPS) is 13.7. The molecule has 1 heterocycles. The van der Waals surface area contributed by atoms with E-state index in [-0.39, 0.29) is 5.91 Å². The minimum absolute atomic E-state index is 0.178. The van der Waals surface area contributed by atoms with Crippen molar-refractivity contribution in [3.63, 3.8) is 0 Å². The van der Waals surface area contributed by atoms with E-state index in [0.717, 1.165) is 30.8 Å². The molecule has 1 amide bonds. The first-order chi connectivity index (χ1) is 12.7. The minimum Gasteiger partial charge on any atom is -0.497 e. The largest absolute Gasteiger partial charge is 0.497 e. The van der Waals surface area contributed by atoms with Gasteiger partial charge in [-0.25, -0.2) is 0 Å². The fraction of sp³-hybridized carbons (Fsp3) is 0.409. The highest BCUT2D eigenvalue weighted by atomic mass is 16.5. The van der Waals surface area contributed by atoms with Gasteiger partial charge in [-0.2, -0.15) is 0 Å². The van der Waals surface area contributed by atoms with E-state index < -0.39 is 0 Å². The van der Waals surface area contributed by atoms with Crippen molar-refractivity contribution in [1.82, 2.24) is 4.90 Å². The van der Waals surface area contributed by atoms with E-state index in [1.54, 1.807) is 7.11 Å². The van der Waals surface area contributed by atoms with Crippen LogP contribution in [0.4, 0.5) is 5.69 Å². The lowest BCUT2D eigenvalue weighted by Crippen LogP contribution is -2.28. The summed E-state index contributed by atoms with van der Waals surface area (Å²) in [6, 6.07) is 16.4. The van der Waals surface area contributed by atoms with Gasteiger partial charge in [0, 0.05) is 38.8 Å². The fourth-order valence-electron chi connectivity index (χ4n) is 3.49. The van der Waals surface area contributed by atoms with E-state index >= 15 is 0 Å². The number of hydrogen-bond acceptors (Lipinski definition) is 3. The average Bonchev–Trinajstić information content (AvgIpc) is 3.21.